The van der Waals surface area contributed by atoms with E-state index in [0.29, 0.717) is 16.4 Å². The summed E-state index contributed by atoms with van der Waals surface area (Å²) in [6.07, 6.45) is 0. The van der Waals surface area contributed by atoms with Gasteiger partial charge in [0.1, 0.15) is 5.82 Å². The van der Waals surface area contributed by atoms with Gasteiger partial charge in [-0.25, -0.2) is 4.98 Å². The van der Waals surface area contributed by atoms with Gasteiger partial charge in [-0.3, -0.25) is 0 Å². The first-order chi connectivity index (χ1) is 11.0. The maximum atomic E-state index is 4.72. The highest BCUT2D eigenvalue weighted by Crippen LogP contribution is 2.31. The fourth-order valence-electron chi connectivity index (χ4n) is 2.70. The summed E-state index contributed by atoms with van der Waals surface area (Å²) in [6.45, 7) is 10.8. The quantitative estimate of drug-likeness (QED) is 0.767. The Morgan fingerprint density at radius 2 is 2.04 bits per heavy atom. The van der Waals surface area contributed by atoms with Crippen molar-refractivity contribution in [1.82, 2.24) is 9.88 Å². The molecule has 23 heavy (non-hydrogen) atoms. The van der Waals surface area contributed by atoms with Gasteiger partial charge in [-0.15, -0.1) is 11.3 Å². The molecule has 1 aliphatic rings. The van der Waals surface area contributed by atoms with E-state index in [1.807, 2.05) is 0 Å². The number of nitrogens with zero attached hydrogens (tertiary/aromatic N) is 3. The molecule has 0 amide bonds. The topological polar surface area (TPSA) is 19.4 Å². The minimum Gasteiger partial charge on any atom is -0.357 e. The molecule has 124 valence electrons. The van der Waals surface area contributed by atoms with Crippen LogP contribution in [0.1, 0.15) is 24.8 Å². The van der Waals surface area contributed by atoms with Gasteiger partial charge in [0.15, 0.2) is 0 Å². The highest BCUT2D eigenvalue weighted by atomic mass is 32.2. The Morgan fingerprint density at radius 1 is 1.35 bits per heavy atom. The lowest BCUT2D eigenvalue weighted by Crippen LogP contribution is -2.38. The molecule has 0 unspecified atom stereocenters. The van der Waals surface area contributed by atoms with E-state index >= 15 is 0 Å². The van der Waals surface area contributed by atoms with Gasteiger partial charge in [0.2, 0.25) is 0 Å². The van der Waals surface area contributed by atoms with Gasteiger partial charge < -0.3 is 9.80 Å². The number of rotatable bonds is 4. The summed E-state index contributed by atoms with van der Waals surface area (Å²) in [5.74, 6) is 8.11. The van der Waals surface area contributed by atoms with Crippen LogP contribution in [0.3, 0.4) is 0 Å². The normalized spacial score (nSPS) is 16.3. The zero-order valence-electron chi connectivity index (χ0n) is 14.2. The SMILES string of the molecule is C=C(N1CCS(=C)CC1)N(C)c1ccc2nc(C(C)C)sc2c1. The number of fused-ring (bicyclic) bond motifs is 1. The van der Waals surface area contributed by atoms with Crippen molar-refractivity contribution in [3.05, 3.63) is 35.6 Å². The third-order valence-electron chi connectivity index (χ3n) is 4.32. The Hall–Kier alpha value is -1.33. The highest BCUT2D eigenvalue weighted by molar-refractivity contribution is 8.14. The lowest BCUT2D eigenvalue weighted by Gasteiger charge is -2.36. The molecular formula is C18H25N3S2. The van der Waals surface area contributed by atoms with Crippen LogP contribution < -0.4 is 4.90 Å². The molecule has 3 nitrogen and oxygen atoms in total. The predicted molar refractivity (Wildman–Crippen MR) is 107 cm³/mol. The van der Waals surface area contributed by atoms with Gasteiger partial charge in [-0.2, -0.15) is 10.5 Å². The molecule has 1 aromatic heterocycles. The summed E-state index contributed by atoms with van der Waals surface area (Å²) >= 11 is 1.80. The van der Waals surface area contributed by atoms with Crippen LogP contribution in [0, 0.1) is 0 Å². The van der Waals surface area contributed by atoms with Gasteiger partial charge in [0.25, 0.3) is 0 Å². The molecular weight excluding hydrogens is 322 g/mol. The van der Waals surface area contributed by atoms with Crippen molar-refractivity contribution in [2.24, 2.45) is 0 Å². The molecule has 0 bridgehead atoms. The molecule has 2 heterocycles. The van der Waals surface area contributed by atoms with Gasteiger partial charge >= 0.3 is 0 Å². The van der Waals surface area contributed by atoms with E-state index in [9.17, 15) is 0 Å². The molecule has 5 heteroatoms. The summed E-state index contributed by atoms with van der Waals surface area (Å²) in [6, 6.07) is 6.51. The van der Waals surface area contributed by atoms with Crippen LogP contribution >= 0.6 is 21.8 Å². The molecule has 3 rings (SSSR count). The number of hydrogen-bond acceptors (Lipinski definition) is 4. The maximum Gasteiger partial charge on any atom is 0.101 e. The van der Waals surface area contributed by atoms with Crippen molar-refractivity contribution in [2.45, 2.75) is 19.8 Å². The average Bonchev–Trinajstić information content (AvgIpc) is 2.97. The molecule has 1 saturated heterocycles. The molecule has 0 N–H and O–H groups in total. The van der Waals surface area contributed by atoms with Crippen molar-refractivity contribution in [2.75, 3.05) is 36.5 Å². The molecule has 1 fully saturated rings. The van der Waals surface area contributed by atoms with E-state index in [1.54, 1.807) is 11.3 Å². The summed E-state index contributed by atoms with van der Waals surface area (Å²) in [4.78, 5) is 9.29. The van der Waals surface area contributed by atoms with Gasteiger partial charge in [-0.1, -0.05) is 26.3 Å². The van der Waals surface area contributed by atoms with Crippen LogP contribution in [0.15, 0.2) is 30.6 Å². The molecule has 0 saturated carbocycles. The van der Waals surface area contributed by atoms with Crippen molar-refractivity contribution in [3.8, 4) is 0 Å². The standard InChI is InChI=1S/C18H25N3S2/c1-13(2)18-19-16-7-6-15(12-17(16)22-18)20(4)14(3)21-8-10-23(5)11-9-21/h6-7,12-13H,3,5,8-11H2,1-2,4H3. The molecule has 0 radical (unpaired) electrons. The van der Waals surface area contributed by atoms with Crippen molar-refractivity contribution in [3.63, 3.8) is 0 Å². The van der Waals surface area contributed by atoms with E-state index in [1.165, 1.54) is 26.9 Å². The van der Waals surface area contributed by atoms with E-state index in [2.05, 4.69) is 61.3 Å². The van der Waals surface area contributed by atoms with Crippen molar-refractivity contribution in [1.29, 1.82) is 0 Å². The van der Waals surface area contributed by atoms with E-state index in [4.69, 9.17) is 4.98 Å². The first kappa shape index (κ1) is 16.5. The number of thiazole rings is 1. The van der Waals surface area contributed by atoms with Crippen molar-refractivity contribution >= 4 is 43.6 Å². The van der Waals surface area contributed by atoms with Crippen LogP contribution in [0.5, 0.6) is 0 Å². The summed E-state index contributed by atoms with van der Waals surface area (Å²) in [7, 11) is 2.44. The first-order valence-corrected chi connectivity index (χ1v) is 10.6. The third-order valence-corrected chi connectivity index (χ3v) is 7.16. The van der Waals surface area contributed by atoms with E-state index < -0.39 is 0 Å². The van der Waals surface area contributed by atoms with Gasteiger partial charge in [0.05, 0.1) is 15.2 Å². The Kier molecular flexibility index (Phi) is 4.78. The van der Waals surface area contributed by atoms with Crippen LogP contribution in [0.4, 0.5) is 5.69 Å². The fraction of sp³-hybridized carbons (Fsp3) is 0.444. The van der Waals surface area contributed by atoms with Gasteiger partial charge in [0, 0.05) is 43.2 Å². The minimum atomic E-state index is 0.337. The van der Waals surface area contributed by atoms with Crippen LogP contribution in [-0.4, -0.2) is 47.4 Å². The fourth-order valence-corrected chi connectivity index (χ4v) is 4.86. The Labute approximate surface area is 145 Å². The lowest BCUT2D eigenvalue weighted by atomic mass is 10.2. The van der Waals surface area contributed by atoms with Crippen molar-refractivity contribution < 1.29 is 0 Å². The molecule has 0 atom stereocenters. The Morgan fingerprint density at radius 3 is 2.70 bits per heavy atom. The molecule has 1 aliphatic heterocycles. The summed E-state index contributed by atoms with van der Waals surface area (Å²) in [5, 5.41) is 1.21. The molecule has 1 aromatic carbocycles. The number of anilines is 1. The second kappa shape index (κ2) is 6.65. The van der Waals surface area contributed by atoms with Crippen LogP contribution in [0.2, 0.25) is 0 Å². The van der Waals surface area contributed by atoms with Crippen LogP contribution in [0.25, 0.3) is 10.2 Å². The van der Waals surface area contributed by atoms with E-state index in [-0.39, 0.29) is 0 Å². The number of aromatic nitrogens is 1. The minimum absolute atomic E-state index is 0.337. The summed E-state index contributed by atoms with van der Waals surface area (Å²) in [5.41, 5.74) is 2.28. The monoisotopic (exact) mass is 347 g/mol. The predicted octanol–water partition coefficient (Wildman–Crippen LogP) is 4.34. The van der Waals surface area contributed by atoms with Crippen LogP contribution in [-0.2, 0) is 0 Å². The number of hydrogen-bond donors (Lipinski definition) is 0. The average molecular weight is 348 g/mol. The number of benzene rings is 1. The third kappa shape index (κ3) is 3.45. The lowest BCUT2D eigenvalue weighted by molar-refractivity contribution is 0.373. The largest absolute Gasteiger partial charge is 0.357 e. The second-order valence-corrected chi connectivity index (χ2v) is 9.45. The molecule has 2 aromatic rings. The molecule has 0 spiro atoms. The first-order valence-electron chi connectivity index (χ1n) is 8.01. The highest BCUT2D eigenvalue weighted by Gasteiger charge is 2.17. The van der Waals surface area contributed by atoms with E-state index in [0.717, 1.165) is 24.4 Å². The van der Waals surface area contributed by atoms with Gasteiger partial charge in [-0.05, 0) is 18.2 Å². The summed E-state index contributed by atoms with van der Waals surface area (Å²) < 4.78 is 1.25. The zero-order chi connectivity index (χ0) is 16.6. The zero-order valence-corrected chi connectivity index (χ0v) is 15.8. The second-order valence-electron chi connectivity index (χ2n) is 6.34. The smallest absolute Gasteiger partial charge is 0.101 e. The Balaban J connectivity index is 1.81. The Bertz CT molecular complexity index is 738. The maximum absolute atomic E-state index is 4.72. The molecule has 0 aliphatic carbocycles.